The first-order valence-electron chi connectivity index (χ1n) is 7.27. The van der Waals surface area contributed by atoms with Gasteiger partial charge >= 0.3 is 0 Å². The number of hydrogen-bond donors (Lipinski definition) is 1. The molecule has 4 nitrogen and oxygen atoms in total. The minimum Gasteiger partial charge on any atom is -0.352 e. The van der Waals surface area contributed by atoms with E-state index in [1.165, 1.54) is 5.56 Å². The van der Waals surface area contributed by atoms with E-state index in [1.807, 2.05) is 19.2 Å². The lowest BCUT2D eigenvalue weighted by Gasteiger charge is -2.26. The van der Waals surface area contributed by atoms with E-state index in [1.54, 1.807) is 4.90 Å². The molecule has 1 aliphatic heterocycles. The number of hydrogen-bond acceptors (Lipinski definition) is 2. The fourth-order valence-corrected chi connectivity index (χ4v) is 2.45. The number of fused-ring (bicyclic) bond motifs is 1. The van der Waals surface area contributed by atoms with Crippen molar-refractivity contribution in [3.05, 3.63) is 29.3 Å². The molecule has 2 rings (SSSR count). The minimum atomic E-state index is 0.108. The normalized spacial score (nSPS) is 14.1. The third-order valence-corrected chi connectivity index (χ3v) is 3.73. The van der Waals surface area contributed by atoms with E-state index >= 15 is 0 Å². The van der Waals surface area contributed by atoms with Gasteiger partial charge in [0, 0.05) is 32.1 Å². The molecule has 108 valence electrons. The summed E-state index contributed by atoms with van der Waals surface area (Å²) < 4.78 is 0. The number of rotatable bonds is 5. The molecule has 4 heteroatoms. The first-order valence-corrected chi connectivity index (χ1v) is 7.27. The van der Waals surface area contributed by atoms with Gasteiger partial charge in [0.05, 0.1) is 0 Å². The first-order chi connectivity index (χ1) is 9.61. The van der Waals surface area contributed by atoms with Crippen molar-refractivity contribution in [1.29, 1.82) is 0 Å². The number of anilines is 1. The van der Waals surface area contributed by atoms with Crippen LogP contribution < -0.4 is 10.2 Å². The monoisotopic (exact) mass is 274 g/mol. The maximum atomic E-state index is 11.6. The van der Waals surface area contributed by atoms with Gasteiger partial charge in [0.1, 0.15) is 0 Å². The zero-order chi connectivity index (χ0) is 14.5. The molecule has 1 aromatic rings. The van der Waals surface area contributed by atoms with Crippen LogP contribution in [0.3, 0.4) is 0 Å². The van der Waals surface area contributed by atoms with Gasteiger partial charge in [-0.3, -0.25) is 9.59 Å². The van der Waals surface area contributed by atoms with Gasteiger partial charge in [-0.25, -0.2) is 0 Å². The number of unbranched alkanes of at least 4 members (excludes halogenated alkanes) is 1. The summed E-state index contributed by atoms with van der Waals surface area (Å²) in [5.41, 5.74) is 3.27. The molecule has 0 bridgehead atoms. The largest absolute Gasteiger partial charge is 0.352 e. The average Bonchev–Trinajstić information content (AvgIpc) is 2.46. The molecular weight excluding hydrogens is 252 g/mol. The summed E-state index contributed by atoms with van der Waals surface area (Å²) in [6, 6.07) is 6.05. The van der Waals surface area contributed by atoms with Crippen LogP contribution in [0.25, 0.3) is 0 Å². The zero-order valence-corrected chi connectivity index (χ0v) is 12.2. The maximum absolute atomic E-state index is 11.6. The highest BCUT2D eigenvalue weighted by molar-refractivity contribution is 5.95. The van der Waals surface area contributed by atoms with Gasteiger partial charge in [0.25, 0.3) is 0 Å². The maximum Gasteiger partial charge on any atom is 0.227 e. The molecular formula is C16H22N2O2. The summed E-state index contributed by atoms with van der Waals surface area (Å²) in [6.45, 7) is 2.64. The fraction of sp³-hybridized carbons (Fsp3) is 0.500. The molecule has 0 atom stereocenters. The molecule has 1 aliphatic rings. The topological polar surface area (TPSA) is 49.4 Å². The number of benzene rings is 1. The molecule has 1 heterocycles. The van der Waals surface area contributed by atoms with Crippen LogP contribution in [0.1, 0.15) is 43.7 Å². The van der Waals surface area contributed by atoms with Crippen molar-refractivity contribution in [2.75, 3.05) is 11.9 Å². The Balaban J connectivity index is 1.98. The second-order valence-corrected chi connectivity index (χ2v) is 5.30. The van der Waals surface area contributed by atoms with Gasteiger partial charge in [0.15, 0.2) is 0 Å². The quantitative estimate of drug-likeness (QED) is 0.896. The van der Waals surface area contributed by atoms with E-state index in [2.05, 4.69) is 18.3 Å². The second-order valence-electron chi connectivity index (χ2n) is 5.30. The first kappa shape index (κ1) is 14.6. The number of amides is 2. The Morgan fingerprint density at radius 3 is 2.90 bits per heavy atom. The van der Waals surface area contributed by atoms with Crippen molar-refractivity contribution in [3.8, 4) is 0 Å². The Labute approximate surface area is 120 Å². The summed E-state index contributed by atoms with van der Waals surface area (Å²) in [6.07, 6.45) is 3.92. The molecule has 2 amide bonds. The Hall–Kier alpha value is -1.84. The molecule has 0 aliphatic carbocycles. The highest BCUT2D eigenvalue weighted by Crippen LogP contribution is 2.27. The van der Waals surface area contributed by atoms with Crippen LogP contribution in [0, 0.1) is 0 Å². The Morgan fingerprint density at radius 1 is 1.35 bits per heavy atom. The number of carbonyl (C=O) groups is 2. The molecule has 0 fully saturated rings. The molecule has 0 unspecified atom stereocenters. The molecule has 0 spiro atoms. The van der Waals surface area contributed by atoms with Crippen LogP contribution in [0.2, 0.25) is 0 Å². The Kier molecular flexibility index (Phi) is 4.77. The van der Waals surface area contributed by atoms with Crippen LogP contribution in [-0.2, 0) is 22.6 Å². The van der Waals surface area contributed by atoms with Crippen molar-refractivity contribution >= 4 is 17.5 Å². The van der Waals surface area contributed by atoms with E-state index in [9.17, 15) is 9.59 Å². The molecule has 1 N–H and O–H groups in total. The van der Waals surface area contributed by atoms with Crippen molar-refractivity contribution in [1.82, 2.24) is 5.32 Å². The van der Waals surface area contributed by atoms with Gasteiger partial charge < -0.3 is 10.2 Å². The van der Waals surface area contributed by atoms with E-state index in [4.69, 9.17) is 0 Å². The van der Waals surface area contributed by atoms with Gasteiger partial charge in [0.2, 0.25) is 11.8 Å². The summed E-state index contributed by atoms with van der Waals surface area (Å²) in [5, 5.41) is 2.94. The summed E-state index contributed by atoms with van der Waals surface area (Å²) in [7, 11) is 1.81. The van der Waals surface area contributed by atoms with Crippen molar-refractivity contribution in [3.63, 3.8) is 0 Å². The minimum absolute atomic E-state index is 0.108. The lowest BCUT2D eigenvalue weighted by molar-refractivity contribution is -0.121. The van der Waals surface area contributed by atoms with Crippen molar-refractivity contribution < 1.29 is 9.59 Å². The SMILES string of the molecule is CCCCC(=O)NCc1ccc2c(c1)CCC(=O)N2C. The van der Waals surface area contributed by atoms with Crippen molar-refractivity contribution in [2.45, 2.75) is 45.6 Å². The van der Waals surface area contributed by atoms with E-state index in [0.29, 0.717) is 19.4 Å². The summed E-state index contributed by atoms with van der Waals surface area (Å²) in [4.78, 5) is 24.9. The lowest BCUT2D eigenvalue weighted by atomic mass is 9.99. The lowest BCUT2D eigenvalue weighted by Crippen LogP contribution is -2.31. The van der Waals surface area contributed by atoms with Crippen LogP contribution in [-0.4, -0.2) is 18.9 Å². The van der Waals surface area contributed by atoms with E-state index in [-0.39, 0.29) is 11.8 Å². The Morgan fingerprint density at radius 2 is 2.15 bits per heavy atom. The second kappa shape index (κ2) is 6.55. The van der Waals surface area contributed by atoms with Crippen molar-refractivity contribution in [2.24, 2.45) is 0 Å². The summed E-state index contributed by atoms with van der Waals surface area (Å²) in [5.74, 6) is 0.273. The highest BCUT2D eigenvalue weighted by atomic mass is 16.2. The smallest absolute Gasteiger partial charge is 0.227 e. The van der Waals surface area contributed by atoms with Gasteiger partial charge in [-0.2, -0.15) is 0 Å². The molecule has 1 aromatic carbocycles. The predicted molar refractivity (Wildman–Crippen MR) is 79.5 cm³/mol. The molecule has 0 saturated carbocycles. The predicted octanol–water partition coefficient (Wildman–Crippen LogP) is 2.40. The van der Waals surface area contributed by atoms with Crippen LogP contribution >= 0.6 is 0 Å². The van der Waals surface area contributed by atoms with Crippen LogP contribution in [0.4, 0.5) is 5.69 Å². The number of carbonyl (C=O) groups excluding carboxylic acids is 2. The highest BCUT2D eigenvalue weighted by Gasteiger charge is 2.20. The van der Waals surface area contributed by atoms with Crippen LogP contribution in [0.15, 0.2) is 18.2 Å². The summed E-state index contributed by atoms with van der Waals surface area (Å²) >= 11 is 0. The third-order valence-electron chi connectivity index (χ3n) is 3.73. The van der Waals surface area contributed by atoms with Gasteiger partial charge in [-0.1, -0.05) is 25.5 Å². The van der Waals surface area contributed by atoms with Gasteiger partial charge in [-0.15, -0.1) is 0 Å². The number of nitrogens with zero attached hydrogens (tertiary/aromatic N) is 1. The van der Waals surface area contributed by atoms with Crippen LogP contribution in [0.5, 0.6) is 0 Å². The molecule has 0 saturated heterocycles. The zero-order valence-electron chi connectivity index (χ0n) is 12.2. The average molecular weight is 274 g/mol. The van der Waals surface area contributed by atoms with Gasteiger partial charge in [-0.05, 0) is 30.0 Å². The molecule has 0 radical (unpaired) electrons. The molecule has 0 aromatic heterocycles. The third kappa shape index (κ3) is 3.38. The number of nitrogens with one attached hydrogen (secondary N) is 1. The Bertz CT molecular complexity index is 511. The standard InChI is InChI=1S/C16H22N2O2/c1-3-4-5-15(19)17-11-12-6-8-14-13(10-12)7-9-16(20)18(14)2/h6,8,10H,3-5,7,9,11H2,1-2H3,(H,17,19). The molecule has 20 heavy (non-hydrogen) atoms. The number of aryl methyl sites for hydroxylation is 1. The van der Waals surface area contributed by atoms with E-state index < -0.39 is 0 Å². The van der Waals surface area contributed by atoms with E-state index in [0.717, 1.165) is 30.5 Å². The fourth-order valence-electron chi connectivity index (χ4n) is 2.45.